The Morgan fingerprint density at radius 3 is 2.29 bits per heavy atom. The van der Waals surface area contributed by atoms with Gasteiger partial charge in [0, 0.05) is 22.0 Å². The molecule has 0 aliphatic rings. The molecule has 0 bridgehead atoms. The maximum atomic E-state index is 11.3. The smallest absolute Gasteiger partial charge is 0.159 e. The van der Waals surface area contributed by atoms with E-state index in [1.807, 2.05) is 12.1 Å². The first-order valence-corrected chi connectivity index (χ1v) is 8.19. The number of carbonyl (C=O) groups excluding carboxylic acids is 1. The van der Waals surface area contributed by atoms with Crippen LogP contribution in [0, 0.1) is 0 Å². The second-order valence-corrected chi connectivity index (χ2v) is 7.31. The lowest BCUT2D eigenvalue weighted by Gasteiger charge is -2.03. The van der Waals surface area contributed by atoms with Crippen molar-refractivity contribution >= 4 is 27.4 Å². The summed E-state index contributed by atoms with van der Waals surface area (Å²) in [5.41, 5.74) is 0.676. The van der Waals surface area contributed by atoms with Gasteiger partial charge in [-0.25, -0.2) is 8.42 Å². The maximum absolute atomic E-state index is 11.3. The summed E-state index contributed by atoms with van der Waals surface area (Å²) in [6.45, 7) is 3.18. The quantitative estimate of drug-likeness (QED) is 0.589. The van der Waals surface area contributed by atoms with Crippen molar-refractivity contribution in [1.82, 2.24) is 0 Å². The van der Waals surface area contributed by atoms with Gasteiger partial charge in [0.15, 0.2) is 15.6 Å². The average molecular weight is 272 g/mol. The van der Waals surface area contributed by atoms with Gasteiger partial charge in [-0.2, -0.15) is 0 Å². The first-order chi connectivity index (χ1) is 7.94. The molecular formula is C12H16O3S2. The Kier molecular flexibility index (Phi) is 5.21. The molecule has 0 atom stereocenters. The SMILES string of the molecule is CCS(=O)(=O)CCSc1ccc(C(C)=O)cc1. The van der Waals surface area contributed by atoms with Crippen LogP contribution in [-0.2, 0) is 9.84 Å². The van der Waals surface area contributed by atoms with E-state index in [4.69, 9.17) is 0 Å². The highest BCUT2D eigenvalue weighted by molar-refractivity contribution is 8.00. The molecule has 0 amide bonds. The fraction of sp³-hybridized carbons (Fsp3) is 0.417. The molecule has 0 aliphatic carbocycles. The molecule has 1 aromatic carbocycles. The van der Waals surface area contributed by atoms with E-state index in [-0.39, 0.29) is 17.3 Å². The van der Waals surface area contributed by atoms with Crippen LogP contribution in [-0.4, -0.2) is 31.5 Å². The third-order valence-corrected chi connectivity index (χ3v) is 5.34. The van der Waals surface area contributed by atoms with Gasteiger partial charge in [0.2, 0.25) is 0 Å². The minimum Gasteiger partial charge on any atom is -0.295 e. The molecule has 0 radical (unpaired) electrons. The van der Waals surface area contributed by atoms with Crippen molar-refractivity contribution in [2.45, 2.75) is 18.7 Å². The largest absolute Gasteiger partial charge is 0.295 e. The van der Waals surface area contributed by atoms with E-state index in [0.29, 0.717) is 11.3 Å². The maximum Gasteiger partial charge on any atom is 0.159 e. The van der Waals surface area contributed by atoms with Gasteiger partial charge in [-0.3, -0.25) is 4.79 Å². The molecule has 0 spiro atoms. The zero-order chi connectivity index (χ0) is 12.9. The van der Waals surface area contributed by atoms with E-state index in [9.17, 15) is 13.2 Å². The van der Waals surface area contributed by atoms with Crippen LogP contribution in [0.5, 0.6) is 0 Å². The van der Waals surface area contributed by atoms with Gasteiger partial charge in [-0.1, -0.05) is 19.1 Å². The van der Waals surface area contributed by atoms with Gasteiger partial charge in [0.1, 0.15) is 0 Å². The normalized spacial score (nSPS) is 11.4. The van der Waals surface area contributed by atoms with Crippen molar-refractivity contribution in [3.8, 4) is 0 Å². The van der Waals surface area contributed by atoms with Gasteiger partial charge < -0.3 is 0 Å². The fourth-order valence-electron chi connectivity index (χ4n) is 1.22. The highest BCUT2D eigenvalue weighted by atomic mass is 32.2. The van der Waals surface area contributed by atoms with Crippen LogP contribution in [0.2, 0.25) is 0 Å². The zero-order valence-electron chi connectivity index (χ0n) is 9.97. The second kappa shape index (κ2) is 6.21. The molecule has 1 rings (SSSR count). The molecule has 3 nitrogen and oxygen atoms in total. The average Bonchev–Trinajstić information content (AvgIpc) is 2.29. The number of ketones is 1. The number of carbonyl (C=O) groups is 1. The summed E-state index contributed by atoms with van der Waals surface area (Å²) in [6.07, 6.45) is 0. The molecule has 0 fully saturated rings. The van der Waals surface area contributed by atoms with Crippen LogP contribution in [0.25, 0.3) is 0 Å². The van der Waals surface area contributed by atoms with Crippen molar-refractivity contribution in [2.75, 3.05) is 17.3 Å². The molecule has 0 aromatic heterocycles. The molecule has 0 heterocycles. The molecule has 94 valence electrons. The van der Waals surface area contributed by atoms with Gasteiger partial charge in [-0.15, -0.1) is 11.8 Å². The van der Waals surface area contributed by atoms with Gasteiger partial charge >= 0.3 is 0 Å². The first kappa shape index (κ1) is 14.3. The molecule has 1 aromatic rings. The lowest BCUT2D eigenvalue weighted by molar-refractivity contribution is 0.101. The Morgan fingerprint density at radius 2 is 1.82 bits per heavy atom. The highest BCUT2D eigenvalue weighted by Gasteiger charge is 2.07. The number of sulfone groups is 1. The summed E-state index contributed by atoms with van der Waals surface area (Å²) in [7, 11) is -2.89. The molecule has 0 saturated heterocycles. The fourth-order valence-corrected chi connectivity index (χ4v) is 3.42. The van der Waals surface area contributed by atoms with Crippen LogP contribution in [0.15, 0.2) is 29.2 Å². The molecular weight excluding hydrogens is 256 g/mol. The van der Waals surface area contributed by atoms with Gasteiger partial charge in [0.05, 0.1) is 5.75 Å². The number of thioether (sulfide) groups is 1. The summed E-state index contributed by atoms with van der Waals surface area (Å²) < 4.78 is 22.5. The van der Waals surface area contributed by atoms with E-state index in [2.05, 4.69) is 0 Å². The first-order valence-electron chi connectivity index (χ1n) is 5.39. The van der Waals surface area contributed by atoms with Crippen molar-refractivity contribution < 1.29 is 13.2 Å². The van der Waals surface area contributed by atoms with Crippen LogP contribution < -0.4 is 0 Å². The predicted molar refractivity (Wildman–Crippen MR) is 71.5 cm³/mol. The van der Waals surface area contributed by atoms with E-state index < -0.39 is 9.84 Å². The molecule has 5 heteroatoms. The summed E-state index contributed by atoms with van der Waals surface area (Å²) in [5, 5.41) is 0. The van der Waals surface area contributed by atoms with E-state index >= 15 is 0 Å². The molecule has 17 heavy (non-hydrogen) atoms. The van der Waals surface area contributed by atoms with E-state index in [1.165, 1.54) is 18.7 Å². The zero-order valence-corrected chi connectivity index (χ0v) is 11.6. The monoisotopic (exact) mass is 272 g/mol. The topological polar surface area (TPSA) is 51.2 Å². The third-order valence-electron chi connectivity index (χ3n) is 2.36. The Hall–Kier alpha value is -0.810. The highest BCUT2D eigenvalue weighted by Crippen LogP contribution is 2.18. The minimum atomic E-state index is -2.89. The van der Waals surface area contributed by atoms with Crippen LogP contribution >= 0.6 is 11.8 Å². The second-order valence-electron chi connectivity index (χ2n) is 3.67. The van der Waals surface area contributed by atoms with Crippen LogP contribution in [0.3, 0.4) is 0 Å². The number of benzene rings is 1. The Labute approximate surface area is 107 Å². The number of hydrogen-bond donors (Lipinski definition) is 0. The van der Waals surface area contributed by atoms with Crippen molar-refractivity contribution in [1.29, 1.82) is 0 Å². The van der Waals surface area contributed by atoms with Crippen molar-refractivity contribution in [3.63, 3.8) is 0 Å². The van der Waals surface area contributed by atoms with Crippen LogP contribution in [0.1, 0.15) is 24.2 Å². The number of rotatable bonds is 6. The molecule has 0 saturated carbocycles. The van der Waals surface area contributed by atoms with E-state index in [0.717, 1.165) is 4.90 Å². The summed E-state index contributed by atoms with van der Waals surface area (Å²) >= 11 is 1.49. The molecule has 0 unspecified atom stereocenters. The molecule has 0 aliphatic heterocycles. The lowest BCUT2D eigenvalue weighted by atomic mass is 10.2. The van der Waals surface area contributed by atoms with E-state index in [1.54, 1.807) is 19.1 Å². The van der Waals surface area contributed by atoms with Gasteiger partial charge in [0.25, 0.3) is 0 Å². The van der Waals surface area contributed by atoms with Crippen LogP contribution in [0.4, 0.5) is 0 Å². The lowest BCUT2D eigenvalue weighted by Crippen LogP contribution is -2.10. The number of Topliss-reactive ketones (excluding diaryl/α,β-unsaturated/α-hetero) is 1. The predicted octanol–water partition coefficient (Wildman–Crippen LogP) is 2.42. The minimum absolute atomic E-state index is 0.0371. The van der Waals surface area contributed by atoms with Crippen molar-refractivity contribution in [2.24, 2.45) is 0 Å². The standard InChI is InChI=1S/C12H16O3S2/c1-3-17(14,15)9-8-16-12-6-4-11(5-7-12)10(2)13/h4-7H,3,8-9H2,1-2H3. The van der Waals surface area contributed by atoms with Gasteiger partial charge in [-0.05, 0) is 19.1 Å². The number of hydrogen-bond acceptors (Lipinski definition) is 4. The summed E-state index contributed by atoms with van der Waals surface area (Å²) in [6, 6.07) is 7.22. The molecule has 0 N–H and O–H groups in total. The Balaban J connectivity index is 2.51. The summed E-state index contributed by atoms with van der Waals surface area (Å²) in [5.74, 6) is 0.977. The third kappa shape index (κ3) is 4.91. The Morgan fingerprint density at radius 1 is 1.24 bits per heavy atom. The summed E-state index contributed by atoms with van der Waals surface area (Å²) in [4.78, 5) is 12.0. The van der Waals surface area contributed by atoms with Crippen molar-refractivity contribution in [3.05, 3.63) is 29.8 Å². The Bertz CT molecular complexity index is 475.